The lowest BCUT2D eigenvalue weighted by molar-refractivity contribution is 0.207. The highest BCUT2D eigenvalue weighted by Crippen LogP contribution is 2.22. The lowest BCUT2D eigenvalue weighted by Crippen LogP contribution is -2.05. The average Bonchev–Trinajstić information content (AvgIpc) is 1.87. The molecule has 4 heteroatoms. The van der Waals surface area contributed by atoms with Crippen LogP contribution in [0.5, 0.6) is 0 Å². The number of halogens is 3. The molecule has 0 spiro atoms. The van der Waals surface area contributed by atoms with Crippen LogP contribution < -0.4 is 0 Å². The third-order valence-corrected chi connectivity index (χ3v) is 2.08. The van der Waals surface area contributed by atoms with E-state index in [0.29, 0.717) is 6.42 Å². The Bertz CT molecular complexity index is 129. The largest absolute Gasteiger partial charge is 0.387 e. The van der Waals surface area contributed by atoms with Crippen molar-refractivity contribution in [1.82, 2.24) is 0 Å². The van der Waals surface area contributed by atoms with E-state index in [9.17, 15) is 0 Å². The molecule has 0 saturated carbocycles. The number of rotatable bonds is 3. The smallest absolute Gasteiger partial charge is 0.123 e. The normalized spacial score (nSPS) is 12.9. The zero-order valence-electron chi connectivity index (χ0n) is 5.57. The molecule has 0 aliphatic rings. The van der Waals surface area contributed by atoms with E-state index in [2.05, 4.69) is 0 Å². The summed E-state index contributed by atoms with van der Waals surface area (Å²) in [6.07, 6.45) is 0.719. The Hall–Kier alpha value is 0.570. The van der Waals surface area contributed by atoms with Crippen molar-refractivity contribution in [3.8, 4) is 0 Å². The molecule has 0 aromatic carbocycles. The highest BCUT2D eigenvalue weighted by molar-refractivity contribution is 6.59. The van der Waals surface area contributed by atoms with Gasteiger partial charge in [0.2, 0.25) is 0 Å². The molecule has 60 valence electrons. The molecule has 0 rings (SSSR count). The van der Waals surface area contributed by atoms with Gasteiger partial charge in [-0.3, -0.25) is 0 Å². The highest BCUT2D eigenvalue weighted by Gasteiger charge is 2.09. The minimum atomic E-state index is -0.711. The number of hydrogen-bond donors (Lipinski definition) is 1. The van der Waals surface area contributed by atoms with Crippen LogP contribution in [0.25, 0.3) is 0 Å². The van der Waals surface area contributed by atoms with Crippen molar-refractivity contribution in [3.05, 3.63) is 9.52 Å². The van der Waals surface area contributed by atoms with Crippen molar-refractivity contribution in [3.63, 3.8) is 0 Å². The molecule has 0 aromatic rings. The fraction of sp³-hybridized carbons (Fsp3) is 0.667. The van der Waals surface area contributed by atoms with Gasteiger partial charge in [-0.1, -0.05) is 48.1 Å². The van der Waals surface area contributed by atoms with Gasteiger partial charge in [0.05, 0.1) is 11.1 Å². The van der Waals surface area contributed by atoms with Crippen LogP contribution in [0, 0.1) is 0 Å². The van der Waals surface area contributed by atoms with E-state index < -0.39 is 6.10 Å². The molecular weight excluding hydrogens is 194 g/mol. The molecule has 0 amide bonds. The number of hydrogen-bond acceptors (Lipinski definition) is 1. The summed E-state index contributed by atoms with van der Waals surface area (Å²) in [5.41, 5.74) is 0. The highest BCUT2D eigenvalue weighted by atomic mass is 35.5. The van der Waals surface area contributed by atoms with Gasteiger partial charge in [0.25, 0.3) is 0 Å². The fourth-order valence-corrected chi connectivity index (χ4v) is 0.887. The van der Waals surface area contributed by atoms with E-state index in [1.54, 1.807) is 0 Å². The molecule has 0 aromatic heterocycles. The summed E-state index contributed by atoms with van der Waals surface area (Å²) >= 11 is 16.1. The van der Waals surface area contributed by atoms with Gasteiger partial charge in [-0.05, 0) is 6.42 Å². The lowest BCUT2D eigenvalue weighted by atomic mass is 10.2. The molecule has 0 aliphatic carbocycles. The minimum Gasteiger partial charge on any atom is -0.387 e. The molecule has 0 saturated heterocycles. The molecule has 1 unspecified atom stereocenters. The Balaban J connectivity index is 3.94. The van der Waals surface area contributed by atoms with Crippen molar-refractivity contribution >= 4 is 34.8 Å². The molecular formula is C6H9Cl3O. The zero-order chi connectivity index (χ0) is 8.15. The van der Waals surface area contributed by atoms with Crippen LogP contribution in [-0.4, -0.2) is 11.2 Å². The SMILES string of the molecule is CCCC(O)C(Cl)=C(Cl)Cl. The Labute approximate surface area is 75.6 Å². The summed E-state index contributed by atoms with van der Waals surface area (Å²) in [7, 11) is 0. The van der Waals surface area contributed by atoms with Crippen LogP contribution in [0.3, 0.4) is 0 Å². The van der Waals surface area contributed by atoms with Gasteiger partial charge in [-0.25, -0.2) is 0 Å². The van der Waals surface area contributed by atoms with Crippen LogP contribution >= 0.6 is 34.8 Å². The van der Waals surface area contributed by atoms with Gasteiger partial charge < -0.3 is 5.11 Å². The summed E-state index contributed by atoms with van der Waals surface area (Å²) in [6, 6.07) is 0. The first-order valence-electron chi connectivity index (χ1n) is 2.98. The van der Waals surface area contributed by atoms with Crippen molar-refractivity contribution in [1.29, 1.82) is 0 Å². The number of aliphatic hydroxyl groups excluding tert-OH is 1. The van der Waals surface area contributed by atoms with E-state index in [1.165, 1.54) is 0 Å². The second kappa shape index (κ2) is 5.25. The molecule has 0 heterocycles. The van der Waals surface area contributed by atoms with Crippen molar-refractivity contribution in [2.75, 3.05) is 0 Å². The first kappa shape index (κ1) is 10.6. The van der Waals surface area contributed by atoms with Crippen LogP contribution in [0.2, 0.25) is 0 Å². The molecule has 0 fully saturated rings. The first-order valence-corrected chi connectivity index (χ1v) is 4.11. The van der Waals surface area contributed by atoms with Crippen LogP contribution in [0.1, 0.15) is 19.8 Å². The maximum absolute atomic E-state index is 9.13. The zero-order valence-corrected chi connectivity index (χ0v) is 7.84. The van der Waals surface area contributed by atoms with Crippen LogP contribution in [-0.2, 0) is 0 Å². The van der Waals surface area contributed by atoms with Crippen LogP contribution in [0.4, 0.5) is 0 Å². The lowest BCUT2D eigenvalue weighted by Gasteiger charge is -2.06. The molecule has 1 atom stereocenters. The predicted molar refractivity (Wildman–Crippen MR) is 45.5 cm³/mol. The molecule has 0 bridgehead atoms. The monoisotopic (exact) mass is 202 g/mol. The summed E-state index contributed by atoms with van der Waals surface area (Å²) in [4.78, 5) is 0. The van der Waals surface area contributed by atoms with Gasteiger partial charge in [-0.15, -0.1) is 0 Å². The van der Waals surface area contributed by atoms with E-state index in [-0.39, 0.29) is 9.52 Å². The summed E-state index contributed by atoms with van der Waals surface area (Å²) in [6.45, 7) is 1.94. The third kappa shape index (κ3) is 3.67. The van der Waals surface area contributed by atoms with E-state index in [4.69, 9.17) is 39.9 Å². The van der Waals surface area contributed by atoms with E-state index in [1.807, 2.05) is 6.92 Å². The van der Waals surface area contributed by atoms with Gasteiger partial charge in [-0.2, -0.15) is 0 Å². The van der Waals surface area contributed by atoms with Crippen molar-refractivity contribution < 1.29 is 5.11 Å². The maximum Gasteiger partial charge on any atom is 0.123 e. The summed E-state index contributed by atoms with van der Waals surface area (Å²) in [5, 5.41) is 9.26. The fourth-order valence-electron chi connectivity index (χ4n) is 0.526. The first-order chi connectivity index (χ1) is 4.59. The quantitative estimate of drug-likeness (QED) is 0.748. The molecule has 0 radical (unpaired) electrons. The van der Waals surface area contributed by atoms with Gasteiger partial charge >= 0.3 is 0 Å². The van der Waals surface area contributed by atoms with Crippen molar-refractivity contribution in [2.24, 2.45) is 0 Å². The Morgan fingerprint density at radius 3 is 2.20 bits per heavy atom. The maximum atomic E-state index is 9.13. The molecule has 1 N–H and O–H groups in total. The van der Waals surface area contributed by atoms with Crippen molar-refractivity contribution in [2.45, 2.75) is 25.9 Å². The molecule has 10 heavy (non-hydrogen) atoms. The number of aliphatic hydroxyl groups is 1. The predicted octanol–water partition coefficient (Wildman–Crippen LogP) is 3.03. The second-order valence-electron chi connectivity index (χ2n) is 1.91. The van der Waals surface area contributed by atoms with Gasteiger partial charge in [0.15, 0.2) is 0 Å². The second-order valence-corrected chi connectivity index (χ2v) is 3.27. The van der Waals surface area contributed by atoms with Crippen LogP contribution in [0.15, 0.2) is 9.52 Å². The standard InChI is InChI=1S/C6H9Cl3O/c1-2-3-4(10)5(7)6(8)9/h4,10H,2-3H2,1H3. The summed E-state index contributed by atoms with van der Waals surface area (Å²) in [5.74, 6) is 0. The Morgan fingerprint density at radius 2 is 1.90 bits per heavy atom. The van der Waals surface area contributed by atoms with E-state index in [0.717, 1.165) is 6.42 Å². The Kier molecular flexibility index (Phi) is 5.55. The summed E-state index contributed by atoms with van der Waals surface area (Å²) < 4.78 is -0.0531. The Morgan fingerprint density at radius 1 is 1.40 bits per heavy atom. The van der Waals surface area contributed by atoms with Gasteiger partial charge in [0, 0.05) is 0 Å². The average molecular weight is 203 g/mol. The van der Waals surface area contributed by atoms with E-state index >= 15 is 0 Å². The topological polar surface area (TPSA) is 20.2 Å². The van der Waals surface area contributed by atoms with Gasteiger partial charge in [0.1, 0.15) is 4.49 Å². The minimum absolute atomic E-state index is 0.0531. The third-order valence-electron chi connectivity index (χ3n) is 1.04. The molecule has 1 nitrogen and oxygen atoms in total. The molecule has 0 aliphatic heterocycles.